The number of rotatable bonds is 4. The highest BCUT2D eigenvalue weighted by Crippen LogP contribution is 2.33. The maximum Gasteiger partial charge on any atom is 0.345 e. The van der Waals surface area contributed by atoms with Gasteiger partial charge in [0.25, 0.3) is 5.91 Å². The van der Waals surface area contributed by atoms with Gasteiger partial charge in [-0.1, -0.05) is 25.8 Å². The van der Waals surface area contributed by atoms with Crippen molar-refractivity contribution in [1.29, 1.82) is 0 Å². The number of halogens is 1. The van der Waals surface area contributed by atoms with Gasteiger partial charge in [-0.25, -0.2) is 9.29 Å². The Balaban J connectivity index is 1.94. The van der Waals surface area contributed by atoms with E-state index in [0.717, 1.165) is 36.1 Å². The molecule has 0 unspecified atom stereocenters. The molecule has 2 heterocycles. The number of aromatic nitrogens is 1. The van der Waals surface area contributed by atoms with Crippen LogP contribution in [0.5, 0.6) is 0 Å². The summed E-state index contributed by atoms with van der Waals surface area (Å²) >= 11 is 0. The number of pyridine rings is 1. The number of carbonyl (C=O) groups is 1. The van der Waals surface area contributed by atoms with E-state index >= 15 is 0 Å². The van der Waals surface area contributed by atoms with Gasteiger partial charge in [-0.3, -0.25) is 4.79 Å². The van der Waals surface area contributed by atoms with E-state index in [4.69, 9.17) is 0 Å². The standard InChI is InChI=1S/C19H25FN4O3S/c1-12(2)24-16(19(25)22-18-6-4-5-17(20)21-18)11-15(23-28(24,26)27)14-9-7-13(3)8-10-14/h4-6,11-14H,7-10H2,1-3H3,(H,21,22,25). The van der Waals surface area contributed by atoms with E-state index in [1.54, 1.807) is 19.9 Å². The first-order valence-corrected chi connectivity index (χ1v) is 10.9. The molecule has 1 saturated carbocycles. The quantitative estimate of drug-likeness (QED) is 0.774. The Labute approximate surface area is 164 Å². The third-order valence-electron chi connectivity index (χ3n) is 5.08. The van der Waals surface area contributed by atoms with Crippen molar-refractivity contribution in [3.63, 3.8) is 0 Å². The van der Waals surface area contributed by atoms with Crippen molar-refractivity contribution in [2.75, 3.05) is 5.32 Å². The molecule has 0 saturated heterocycles. The Morgan fingerprint density at radius 1 is 1.25 bits per heavy atom. The molecule has 7 nitrogen and oxygen atoms in total. The van der Waals surface area contributed by atoms with Crippen LogP contribution in [0.4, 0.5) is 10.2 Å². The smallest absolute Gasteiger partial charge is 0.305 e. The van der Waals surface area contributed by atoms with Crippen LogP contribution in [0.1, 0.15) is 46.5 Å². The van der Waals surface area contributed by atoms with Crippen LogP contribution in [0.15, 0.2) is 34.4 Å². The Kier molecular flexibility index (Phi) is 5.83. The molecule has 1 amide bonds. The summed E-state index contributed by atoms with van der Waals surface area (Å²) in [7, 11) is -4.03. The average molecular weight is 408 g/mol. The molecule has 0 bridgehead atoms. The molecule has 0 atom stereocenters. The first-order valence-electron chi connectivity index (χ1n) is 9.47. The minimum Gasteiger partial charge on any atom is -0.305 e. The molecule has 28 heavy (non-hydrogen) atoms. The number of hydrogen-bond donors (Lipinski definition) is 1. The highest BCUT2D eigenvalue weighted by molar-refractivity contribution is 7.88. The summed E-state index contributed by atoms with van der Waals surface area (Å²) in [5.74, 6) is -0.762. The van der Waals surface area contributed by atoms with Gasteiger partial charge in [0.15, 0.2) is 0 Å². The van der Waals surface area contributed by atoms with E-state index in [0.29, 0.717) is 11.6 Å². The molecule has 0 spiro atoms. The highest BCUT2D eigenvalue weighted by atomic mass is 32.2. The average Bonchev–Trinajstić information content (AvgIpc) is 2.60. The van der Waals surface area contributed by atoms with Crippen LogP contribution in [-0.2, 0) is 15.0 Å². The molecule has 1 aromatic rings. The third kappa shape index (κ3) is 4.40. The van der Waals surface area contributed by atoms with Crippen LogP contribution in [0.2, 0.25) is 0 Å². The third-order valence-corrected chi connectivity index (χ3v) is 6.64. The second-order valence-electron chi connectivity index (χ2n) is 7.67. The van der Waals surface area contributed by atoms with E-state index in [-0.39, 0.29) is 17.4 Å². The van der Waals surface area contributed by atoms with Crippen molar-refractivity contribution < 1.29 is 17.6 Å². The van der Waals surface area contributed by atoms with Crippen molar-refractivity contribution in [3.05, 3.63) is 35.9 Å². The van der Waals surface area contributed by atoms with E-state index < -0.39 is 28.1 Å². The van der Waals surface area contributed by atoms with Gasteiger partial charge in [0.05, 0.1) is 5.71 Å². The molecule has 1 aromatic heterocycles. The van der Waals surface area contributed by atoms with E-state index in [1.165, 1.54) is 12.1 Å². The zero-order valence-corrected chi connectivity index (χ0v) is 17.0. The number of hydrogen-bond acceptors (Lipinski definition) is 4. The molecule has 0 radical (unpaired) electrons. The monoisotopic (exact) mass is 408 g/mol. The number of carbonyl (C=O) groups excluding carboxylic acids is 1. The summed E-state index contributed by atoms with van der Waals surface area (Å²) in [5, 5.41) is 2.49. The van der Waals surface area contributed by atoms with Crippen LogP contribution in [-0.4, -0.2) is 35.4 Å². The predicted molar refractivity (Wildman–Crippen MR) is 105 cm³/mol. The fourth-order valence-corrected chi connectivity index (χ4v) is 5.12. The predicted octanol–water partition coefficient (Wildman–Crippen LogP) is 3.28. The van der Waals surface area contributed by atoms with Crippen molar-refractivity contribution in [2.45, 2.75) is 52.5 Å². The van der Waals surface area contributed by atoms with E-state index in [2.05, 4.69) is 21.6 Å². The Morgan fingerprint density at radius 2 is 1.93 bits per heavy atom. The number of amides is 1. The largest absolute Gasteiger partial charge is 0.345 e. The number of anilines is 1. The van der Waals surface area contributed by atoms with Crippen LogP contribution >= 0.6 is 0 Å². The topological polar surface area (TPSA) is 91.7 Å². The SMILES string of the molecule is CC1CCC(C2=NS(=O)(=O)N(C(C)C)C(C(=O)Nc3cccc(F)n3)=C2)CC1. The van der Waals surface area contributed by atoms with Crippen molar-refractivity contribution >= 4 is 27.6 Å². The van der Waals surface area contributed by atoms with Gasteiger partial charge < -0.3 is 5.32 Å². The molecule has 1 aliphatic carbocycles. The summed E-state index contributed by atoms with van der Waals surface area (Å²) in [5.41, 5.74) is 0.394. The molecular weight excluding hydrogens is 383 g/mol. The summed E-state index contributed by atoms with van der Waals surface area (Å²) in [6.07, 6.45) is 5.23. The van der Waals surface area contributed by atoms with E-state index in [1.807, 2.05) is 0 Å². The fraction of sp³-hybridized carbons (Fsp3) is 0.526. The summed E-state index contributed by atoms with van der Waals surface area (Å²) in [4.78, 5) is 16.5. The van der Waals surface area contributed by atoms with Gasteiger partial charge >= 0.3 is 10.2 Å². The van der Waals surface area contributed by atoms with Crippen molar-refractivity contribution in [1.82, 2.24) is 9.29 Å². The van der Waals surface area contributed by atoms with Gasteiger partial charge in [-0.15, -0.1) is 4.40 Å². The molecule has 3 rings (SSSR count). The highest BCUT2D eigenvalue weighted by Gasteiger charge is 2.37. The number of nitrogens with zero attached hydrogens (tertiary/aromatic N) is 3. The van der Waals surface area contributed by atoms with Gasteiger partial charge in [0.1, 0.15) is 11.5 Å². The molecule has 2 aliphatic rings. The number of allylic oxidation sites excluding steroid dienone is 1. The van der Waals surface area contributed by atoms with Crippen LogP contribution in [0, 0.1) is 17.8 Å². The van der Waals surface area contributed by atoms with Crippen LogP contribution in [0.3, 0.4) is 0 Å². The zero-order chi connectivity index (χ0) is 20.5. The lowest BCUT2D eigenvalue weighted by Crippen LogP contribution is -2.43. The fourth-order valence-electron chi connectivity index (χ4n) is 3.65. The molecule has 152 valence electrons. The normalized spacial score (nSPS) is 24.5. The van der Waals surface area contributed by atoms with Gasteiger partial charge in [-0.05, 0) is 50.8 Å². The Morgan fingerprint density at radius 3 is 2.54 bits per heavy atom. The summed E-state index contributed by atoms with van der Waals surface area (Å²) in [6, 6.07) is 3.52. The Hall–Kier alpha value is -2.29. The molecular formula is C19H25FN4O3S. The molecule has 0 aromatic carbocycles. The lowest BCUT2D eigenvalue weighted by atomic mass is 9.80. The first kappa shape index (κ1) is 20.4. The molecule has 9 heteroatoms. The molecule has 1 fully saturated rings. The molecule has 1 N–H and O–H groups in total. The Bertz CT molecular complexity index is 919. The zero-order valence-electron chi connectivity index (χ0n) is 16.2. The minimum atomic E-state index is -4.03. The van der Waals surface area contributed by atoms with Gasteiger partial charge in [0, 0.05) is 12.0 Å². The van der Waals surface area contributed by atoms with Crippen LogP contribution in [0.25, 0.3) is 0 Å². The first-order chi connectivity index (χ1) is 13.2. The number of nitrogens with one attached hydrogen (secondary N) is 1. The maximum atomic E-state index is 13.3. The van der Waals surface area contributed by atoms with Crippen LogP contribution < -0.4 is 5.32 Å². The van der Waals surface area contributed by atoms with E-state index in [9.17, 15) is 17.6 Å². The van der Waals surface area contributed by atoms with Gasteiger partial charge in [-0.2, -0.15) is 12.8 Å². The molecule has 1 aliphatic heterocycles. The second kappa shape index (κ2) is 7.98. The summed E-state index contributed by atoms with van der Waals surface area (Å²) < 4.78 is 43.9. The lowest BCUT2D eigenvalue weighted by molar-refractivity contribution is -0.114. The minimum absolute atomic E-state index is 0.00961. The van der Waals surface area contributed by atoms with Crippen molar-refractivity contribution in [2.24, 2.45) is 16.2 Å². The lowest BCUT2D eigenvalue weighted by Gasteiger charge is -2.33. The maximum absolute atomic E-state index is 13.3. The summed E-state index contributed by atoms with van der Waals surface area (Å²) in [6.45, 7) is 5.51. The van der Waals surface area contributed by atoms with Crippen molar-refractivity contribution in [3.8, 4) is 0 Å². The van der Waals surface area contributed by atoms with Gasteiger partial charge in [0.2, 0.25) is 5.95 Å². The second-order valence-corrected chi connectivity index (χ2v) is 9.14.